The number of carbonyl (C=O) groups is 1. The predicted octanol–water partition coefficient (Wildman–Crippen LogP) is 2.17. The molecule has 4 heteroatoms. The van der Waals surface area contributed by atoms with Crippen molar-refractivity contribution in [3.63, 3.8) is 0 Å². The van der Waals surface area contributed by atoms with Crippen LogP contribution in [0.5, 0.6) is 0 Å². The Bertz CT molecular complexity index is 363. The van der Waals surface area contributed by atoms with Gasteiger partial charge in [0.1, 0.15) is 6.04 Å². The quantitative estimate of drug-likeness (QED) is 0.785. The molecule has 0 saturated heterocycles. The van der Waals surface area contributed by atoms with Crippen molar-refractivity contribution < 1.29 is 4.79 Å². The zero-order chi connectivity index (χ0) is 12.8. The maximum atomic E-state index is 11.9. The third-order valence-corrected chi connectivity index (χ3v) is 4.96. The first-order valence-corrected chi connectivity index (χ1v) is 7.07. The molecule has 4 nitrogen and oxygen atoms in total. The van der Waals surface area contributed by atoms with Crippen LogP contribution in [-0.2, 0) is 0 Å². The van der Waals surface area contributed by atoms with E-state index in [1.54, 1.807) is 6.92 Å². The van der Waals surface area contributed by atoms with Gasteiger partial charge in [0.05, 0.1) is 6.07 Å². The Morgan fingerprint density at radius 1 is 1.22 bits per heavy atom. The summed E-state index contributed by atoms with van der Waals surface area (Å²) in [6, 6.07) is 1.45. The number of amides is 2. The molecule has 1 atom stereocenters. The van der Waals surface area contributed by atoms with E-state index in [-0.39, 0.29) is 11.6 Å². The highest BCUT2D eigenvalue weighted by atomic mass is 16.2. The van der Waals surface area contributed by atoms with E-state index in [1.807, 2.05) is 6.07 Å². The third-order valence-electron chi connectivity index (χ3n) is 4.96. The van der Waals surface area contributed by atoms with Crippen LogP contribution in [0.3, 0.4) is 0 Å². The standard InChI is InChI=1S/C14H21N3O/c1-9(8-15)16-13(18)17-14-5-10-2-11(6-14)4-12(3-10)7-14/h9-12H,2-7H2,1H3,(H2,16,17,18). The van der Waals surface area contributed by atoms with E-state index in [1.165, 1.54) is 19.3 Å². The van der Waals surface area contributed by atoms with Crippen LogP contribution >= 0.6 is 0 Å². The molecule has 2 amide bonds. The van der Waals surface area contributed by atoms with E-state index in [9.17, 15) is 4.79 Å². The molecule has 98 valence electrons. The maximum Gasteiger partial charge on any atom is 0.316 e. The van der Waals surface area contributed by atoms with Gasteiger partial charge in [-0.15, -0.1) is 0 Å². The smallest absolute Gasteiger partial charge is 0.316 e. The molecule has 4 aliphatic rings. The Hall–Kier alpha value is -1.24. The van der Waals surface area contributed by atoms with Gasteiger partial charge in [-0.1, -0.05) is 0 Å². The number of carbonyl (C=O) groups excluding carboxylic acids is 1. The summed E-state index contributed by atoms with van der Waals surface area (Å²) >= 11 is 0. The number of hydrogen-bond donors (Lipinski definition) is 2. The molecular formula is C14H21N3O. The first kappa shape index (κ1) is 11.8. The second-order valence-electron chi connectivity index (χ2n) is 6.65. The van der Waals surface area contributed by atoms with Crippen LogP contribution in [0.1, 0.15) is 45.4 Å². The summed E-state index contributed by atoms with van der Waals surface area (Å²) in [5.41, 5.74) is 0.0357. The molecule has 0 aromatic heterocycles. The van der Waals surface area contributed by atoms with Crippen LogP contribution in [0.2, 0.25) is 0 Å². The van der Waals surface area contributed by atoms with E-state index in [4.69, 9.17) is 5.26 Å². The Morgan fingerprint density at radius 2 is 1.72 bits per heavy atom. The highest BCUT2D eigenvalue weighted by Gasteiger charge is 2.51. The molecule has 0 heterocycles. The van der Waals surface area contributed by atoms with Gasteiger partial charge >= 0.3 is 6.03 Å². The van der Waals surface area contributed by atoms with E-state index < -0.39 is 6.04 Å². The van der Waals surface area contributed by atoms with Crippen molar-refractivity contribution in [2.75, 3.05) is 0 Å². The topological polar surface area (TPSA) is 64.9 Å². The van der Waals surface area contributed by atoms with Gasteiger partial charge in [-0.2, -0.15) is 5.26 Å². The summed E-state index contributed by atoms with van der Waals surface area (Å²) in [6.07, 6.45) is 7.56. The van der Waals surface area contributed by atoms with Crippen molar-refractivity contribution in [3.05, 3.63) is 0 Å². The lowest BCUT2D eigenvalue weighted by molar-refractivity contribution is -0.0135. The molecule has 0 aliphatic heterocycles. The number of nitrogens with one attached hydrogen (secondary N) is 2. The molecule has 0 aromatic carbocycles. The van der Waals surface area contributed by atoms with Crippen molar-refractivity contribution >= 4 is 6.03 Å². The SMILES string of the molecule is CC(C#N)NC(=O)NC12CC3CC(CC(C3)C1)C2. The second kappa shape index (κ2) is 4.15. The average Bonchev–Trinajstić information content (AvgIpc) is 2.25. The molecule has 4 bridgehead atoms. The van der Waals surface area contributed by atoms with E-state index in [0.29, 0.717) is 0 Å². The van der Waals surface area contributed by atoms with Crippen molar-refractivity contribution in [2.24, 2.45) is 17.8 Å². The minimum Gasteiger partial charge on any atom is -0.333 e. The fourth-order valence-electron chi connectivity index (χ4n) is 4.77. The normalized spacial score (nSPS) is 42.1. The molecule has 0 radical (unpaired) electrons. The van der Waals surface area contributed by atoms with Crippen molar-refractivity contribution in [2.45, 2.75) is 57.0 Å². The van der Waals surface area contributed by atoms with E-state index in [0.717, 1.165) is 37.0 Å². The molecule has 4 aliphatic carbocycles. The molecule has 4 saturated carbocycles. The van der Waals surface area contributed by atoms with Gasteiger partial charge in [0.15, 0.2) is 0 Å². The summed E-state index contributed by atoms with van der Waals surface area (Å²) in [6.45, 7) is 1.71. The molecule has 4 fully saturated rings. The predicted molar refractivity (Wildman–Crippen MR) is 67.6 cm³/mol. The van der Waals surface area contributed by atoms with Gasteiger partial charge in [-0.05, 0) is 63.2 Å². The zero-order valence-electron chi connectivity index (χ0n) is 10.9. The Labute approximate surface area is 108 Å². The largest absolute Gasteiger partial charge is 0.333 e. The zero-order valence-corrected chi connectivity index (χ0v) is 10.9. The molecule has 18 heavy (non-hydrogen) atoms. The van der Waals surface area contributed by atoms with Crippen molar-refractivity contribution in [3.8, 4) is 6.07 Å². The summed E-state index contributed by atoms with van der Waals surface area (Å²) in [7, 11) is 0. The van der Waals surface area contributed by atoms with Gasteiger partial charge in [-0.3, -0.25) is 0 Å². The fourth-order valence-corrected chi connectivity index (χ4v) is 4.77. The van der Waals surface area contributed by atoms with Gasteiger partial charge in [0.2, 0.25) is 0 Å². The molecule has 4 rings (SSSR count). The molecule has 1 unspecified atom stereocenters. The van der Waals surface area contributed by atoms with Crippen LogP contribution in [-0.4, -0.2) is 17.6 Å². The number of rotatable bonds is 2. The first-order chi connectivity index (χ1) is 8.58. The lowest BCUT2D eigenvalue weighted by atomic mass is 9.53. The van der Waals surface area contributed by atoms with Crippen LogP contribution in [0.25, 0.3) is 0 Å². The highest BCUT2D eigenvalue weighted by molar-refractivity contribution is 5.75. The monoisotopic (exact) mass is 247 g/mol. The van der Waals surface area contributed by atoms with Crippen LogP contribution in [0, 0.1) is 29.1 Å². The summed E-state index contributed by atoms with van der Waals surface area (Å²) in [5.74, 6) is 2.47. The third kappa shape index (κ3) is 2.07. The van der Waals surface area contributed by atoms with Crippen LogP contribution in [0.4, 0.5) is 4.79 Å². The van der Waals surface area contributed by atoms with Crippen LogP contribution in [0.15, 0.2) is 0 Å². The maximum absolute atomic E-state index is 11.9. The van der Waals surface area contributed by atoms with Crippen molar-refractivity contribution in [1.82, 2.24) is 10.6 Å². The van der Waals surface area contributed by atoms with Gasteiger partial charge in [0.25, 0.3) is 0 Å². The Morgan fingerprint density at radius 3 is 2.17 bits per heavy atom. The van der Waals surface area contributed by atoms with E-state index >= 15 is 0 Å². The van der Waals surface area contributed by atoms with Gasteiger partial charge < -0.3 is 10.6 Å². The molecular weight excluding hydrogens is 226 g/mol. The lowest BCUT2D eigenvalue weighted by Crippen LogP contribution is -2.61. The minimum atomic E-state index is -0.418. The van der Waals surface area contributed by atoms with Crippen LogP contribution < -0.4 is 10.6 Å². The van der Waals surface area contributed by atoms with Gasteiger partial charge in [0, 0.05) is 5.54 Å². The number of nitriles is 1. The Balaban J connectivity index is 1.65. The summed E-state index contributed by atoms with van der Waals surface area (Å²) in [4.78, 5) is 11.9. The second-order valence-corrected chi connectivity index (χ2v) is 6.65. The minimum absolute atomic E-state index is 0.0357. The lowest BCUT2D eigenvalue weighted by Gasteiger charge is -2.56. The summed E-state index contributed by atoms with van der Waals surface area (Å²) < 4.78 is 0. The summed E-state index contributed by atoms with van der Waals surface area (Å²) in [5, 5.41) is 14.6. The number of urea groups is 1. The van der Waals surface area contributed by atoms with E-state index in [2.05, 4.69) is 10.6 Å². The first-order valence-electron chi connectivity index (χ1n) is 7.07. The Kier molecular flexibility index (Phi) is 2.73. The molecule has 0 spiro atoms. The number of hydrogen-bond acceptors (Lipinski definition) is 2. The molecule has 0 aromatic rings. The average molecular weight is 247 g/mol. The highest BCUT2D eigenvalue weighted by Crippen LogP contribution is 2.55. The van der Waals surface area contributed by atoms with Gasteiger partial charge in [-0.25, -0.2) is 4.79 Å². The molecule has 2 N–H and O–H groups in total. The van der Waals surface area contributed by atoms with Crippen molar-refractivity contribution in [1.29, 1.82) is 5.26 Å². The fraction of sp³-hybridized carbons (Fsp3) is 0.857. The number of nitrogens with zero attached hydrogens (tertiary/aromatic N) is 1.